The van der Waals surface area contributed by atoms with E-state index in [-0.39, 0.29) is 30.0 Å². The molecule has 9 rings (SSSR count). The lowest BCUT2D eigenvalue weighted by atomic mass is 9.51. The van der Waals surface area contributed by atoms with Gasteiger partial charge >= 0.3 is 0 Å². The van der Waals surface area contributed by atoms with E-state index in [4.69, 9.17) is 4.74 Å². The number of hydrogen-bond acceptors (Lipinski definition) is 7. The highest BCUT2D eigenvalue weighted by atomic mass is 16.5. The summed E-state index contributed by atoms with van der Waals surface area (Å²) in [5, 5.41) is 19.0. The summed E-state index contributed by atoms with van der Waals surface area (Å²) >= 11 is 0. The van der Waals surface area contributed by atoms with Crippen LogP contribution in [0.2, 0.25) is 0 Å². The Morgan fingerprint density at radius 1 is 0.734 bits per heavy atom. The van der Waals surface area contributed by atoms with Gasteiger partial charge < -0.3 is 25.4 Å². The van der Waals surface area contributed by atoms with Crippen LogP contribution in [0.15, 0.2) is 72.8 Å². The van der Waals surface area contributed by atoms with E-state index in [1.165, 1.54) is 81.8 Å². The molecule has 10 nitrogen and oxygen atoms in total. The van der Waals surface area contributed by atoms with Gasteiger partial charge in [0, 0.05) is 49.3 Å². The highest BCUT2D eigenvalue weighted by Crippen LogP contribution is 2.57. The molecule has 4 aliphatic carbocycles. The van der Waals surface area contributed by atoms with Crippen molar-refractivity contribution < 1.29 is 29.0 Å². The lowest BCUT2D eigenvalue weighted by molar-refractivity contribution is -0.137. The molecule has 0 radical (unpaired) electrons. The molecule has 4 saturated carbocycles. The number of nitrogens with one attached hydrogen (secondary N) is 3. The van der Waals surface area contributed by atoms with Crippen LogP contribution in [0.25, 0.3) is 5.57 Å². The smallest absolute Gasteiger partial charge is 0.255 e. The third kappa shape index (κ3) is 11.8. The van der Waals surface area contributed by atoms with Gasteiger partial charge in [0.1, 0.15) is 17.5 Å². The monoisotopic (exact) mass is 871 g/mol. The fourth-order valence-electron chi connectivity index (χ4n) is 11.7. The maximum absolute atomic E-state index is 13.1. The number of aromatic hydroxyl groups is 1. The van der Waals surface area contributed by atoms with E-state index >= 15 is 0 Å². The zero-order valence-corrected chi connectivity index (χ0v) is 37.8. The lowest BCUT2D eigenvalue weighted by Crippen LogP contribution is -2.52. The van der Waals surface area contributed by atoms with E-state index in [9.17, 15) is 24.3 Å². The van der Waals surface area contributed by atoms with Crippen molar-refractivity contribution in [3.05, 3.63) is 95.1 Å². The van der Waals surface area contributed by atoms with Gasteiger partial charge in [-0.15, -0.1) is 0 Å². The molecule has 1 saturated heterocycles. The van der Waals surface area contributed by atoms with Crippen molar-refractivity contribution in [2.24, 2.45) is 29.6 Å². The lowest BCUT2D eigenvalue weighted by Gasteiger charge is -2.54. The number of ether oxygens (including phenoxy) is 1. The quantitative estimate of drug-likeness (QED) is 0.0520. The second kappa shape index (κ2) is 22.2. The molecule has 4 amide bonds. The Hall–Kier alpha value is -5.12. The zero-order chi connectivity index (χ0) is 44.3. The molecule has 3 aromatic rings. The number of anilines is 1. The standard InChI is InChI=1S/C54H70N4O6/c59-43-21-17-39(18-22-43)46(35-47-41-31-37-30-38(33-41)34-42(47)32-37)40-19-23-44(24-20-40)64-29-12-11-28-56-51(60)16-9-7-5-3-1-2-4-6-8-10-27-55-49-15-13-14-45-48(49)36-58(54(45)63)50-25-26-52(61)57-53(50)62/h13-15,17-24,35,37-38,41-42,47,50,55,59H,1-12,16,25-34,36H2,(H,56,60)(H,57,61,62). The van der Waals surface area contributed by atoms with Crippen LogP contribution < -0.4 is 20.7 Å². The van der Waals surface area contributed by atoms with Crippen molar-refractivity contribution in [1.82, 2.24) is 15.5 Å². The predicted molar refractivity (Wildman–Crippen MR) is 252 cm³/mol. The minimum atomic E-state index is -0.597. The number of allylic oxidation sites excluding steroid dienone is 1. The number of benzene rings is 3. The van der Waals surface area contributed by atoms with Gasteiger partial charge in [-0.05, 0) is 147 Å². The van der Waals surface area contributed by atoms with E-state index in [1.54, 1.807) is 17.0 Å². The molecule has 6 aliphatic rings. The fraction of sp³-hybridized carbons (Fsp3) is 0.556. The summed E-state index contributed by atoms with van der Waals surface area (Å²) in [6.45, 7) is 2.53. The molecule has 2 aliphatic heterocycles. The molecule has 342 valence electrons. The number of amides is 4. The number of nitrogens with zero attached hydrogens (tertiary/aromatic N) is 1. The van der Waals surface area contributed by atoms with Gasteiger partial charge in [0.2, 0.25) is 17.7 Å². The first kappa shape index (κ1) is 45.4. The maximum atomic E-state index is 13.1. The van der Waals surface area contributed by atoms with Crippen LogP contribution >= 0.6 is 0 Å². The van der Waals surface area contributed by atoms with Gasteiger partial charge in [-0.25, -0.2) is 0 Å². The van der Waals surface area contributed by atoms with Crippen molar-refractivity contribution in [3.63, 3.8) is 0 Å². The number of carbonyl (C=O) groups excluding carboxylic acids is 4. The number of phenolic OH excluding ortho intramolecular Hbond substituents is 1. The molecule has 64 heavy (non-hydrogen) atoms. The number of phenols is 1. The first-order chi connectivity index (χ1) is 31.3. The highest BCUT2D eigenvalue weighted by Gasteiger charge is 2.47. The first-order valence-corrected chi connectivity index (χ1v) is 24.8. The van der Waals surface area contributed by atoms with Gasteiger partial charge in [-0.2, -0.15) is 0 Å². The predicted octanol–water partition coefficient (Wildman–Crippen LogP) is 10.3. The maximum Gasteiger partial charge on any atom is 0.255 e. The highest BCUT2D eigenvalue weighted by molar-refractivity contribution is 6.06. The van der Waals surface area contributed by atoms with Gasteiger partial charge in [0.25, 0.3) is 5.91 Å². The van der Waals surface area contributed by atoms with Crippen LogP contribution in [-0.4, -0.2) is 59.4 Å². The van der Waals surface area contributed by atoms with E-state index in [2.05, 4.69) is 46.3 Å². The summed E-state index contributed by atoms with van der Waals surface area (Å²) < 4.78 is 6.10. The van der Waals surface area contributed by atoms with E-state index < -0.39 is 6.04 Å². The van der Waals surface area contributed by atoms with Crippen molar-refractivity contribution in [2.75, 3.05) is 25.0 Å². The second-order valence-electron chi connectivity index (χ2n) is 19.5. The van der Waals surface area contributed by atoms with Crippen molar-refractivity contribution in [1.29, 1.82) is 0 Å². The van der Waals surface area contributed by atoms with Crippen molar-refractivity contribution >= 4 is 34.9 Å². The van der Waals surface area contributed by atoms with E-state index in [0.717, 1.165) is 91.3 Å². The van der Waals surface area contributed by atoms with Crippen molar-refractivity contribution in [2.45, 2.75) is 141 Å². The average Bonchev–Trinajstić information content (AvgIpc) is 3.62. The normalized spacial score (nSPS) is 23.6. The molecule has 1 atom stereocenters. The summed E-state index contributed by atoms with van der Waals surface area (Å²) in [5.74, 6) is 4.68. The van der Waals surface area contributed by atoms with Crippen LogP contribution in [0.4, 0.5) is 5.69 Å². The summed E-state index contributed by atoms with van der Waals surface area (Å²) in [6, 6.07) is 21.3. The number of rotatable bonds is 24. The van der Waals surface area contributed by atoms with E-state index in [0.29, 0.717) is 49.8 Å². The first-order valence-electron chi connectivity index (χ1n) is 24.8. The van der Waals surface area contributed by atoms with Crippen LogP contribution in [0.5, 0.6) is 11.5 Å². The largest absolute Gasteiger partial charge is 0.508 e. The van der Waals surface area contributed by atoms with Crippen LogP contribution in [-0.2, 0) is 20.9 Å². The summed E-state index contributed by atoms with van der Waals surface area (Å²) in [4.78, 5) is 51.1. The molecule has 1 unspecified atom stereocenters. The Labute approximate surface area is 380 Å². The molecule has 0 spiro atoms. The summed E-state index contributed by atoms with van der Waals surface area (Å²) in [5.41, 5.74) is 6.15. The molecule has 5 fully saturated rings. The van der Waals surface area contributed by atoms with Gasteiger partial charge in [0.15, 0.2) is 0 Å². The number of carbonyl (C=O) groups is 4. The Balaban J connectivity index is 0.627. The number of unbranched alkanes of at least 4 members (excludes halogenated alkanes) is 10. The van der Waals surface area contributed by atoms with Crippen LogP contribution in [0.3, 0.4) is 0 Å². The Kier molecular flexibility index (Phi) is 15.8. The Morgan fingerprint density at radius 3 is 2.03 bits per heavy atom. The third-order valence-corrected chi connectivity index (χ3v) is 14.9. The molecule has 4 N–H and O–H groups in total. The van der Waals surface area contributed by atoms with Gasteiger partial charge in [-0.1, -0.05) is 87.8 Å². The second-order valence-corrected chi connectivity index (χ2v) is 19.5. The number of hydrogen-bond donors (Lipinski definition) is 4. The Morgan fingerprint density at radius 2 is 1.36 bits per heavy atom. The van der Waals surface area contributed by atoms with Gasteiger partial charge in [0.05, 0.1) is 6.61 Å². The molecule has 2 heterocycles. The molecular weight excluding hydrogens is 801 g/mol. The molecule has 4 bridgehead atoms. The van der Waals surface area contributed by atoms with Crippen molar-refractivity contribution in [3.8, 4) is 11.5 Å². The van der Waals surface area contributed by atoms with Gasteiger partial charge in [-0.3, -0.25) is 24.5 Å². The van der Waals surface area contributed by atoms with Crippen LogP contribution in [0.1, 0.15) is 155 Å². The topological polar surface area (TPSA) is 137 Å². The minimum absolute atomic E-state index is 0.141. The van der Waals surface area contributed by atoms with E-state index in [1.807, 2.05) is 30.3 Å². The minimum Gasteiger partial charge on any atom is -0.508 e. The SMILES string of the molecule is O=C(CCCCCCCCCCCCNc1cccc2c1CN(C1CCC(=O)NC1=O)C2=O)NCCCCOc1ccc(C(=CC2C3CC4CC(C3)CC2C4)c2ccc(O)cc2)cc1. The molecule has 10 heteroatoms. The number of piperidine rings is 1. The summed E-state index contributed by atoms with van der Waals surface area (Å²) in [7, 11) is 0. The number of fused-ring (bicyclic) bond motifs is 1. The molecular formula is C54H70N4O6. The van der Waals surface area contributed by atoms with Crippen LogP contribution in [0, 0.1) is 29.6 Å². The molecule has 3 aromatic carbocycles. The number of imide groups is 1. The zero-order valence-electron chi connectivity index (χ0n) is 37.8. The average molecular weight is 871 g/mol. The molecule has 0 aromatic heterocycles. The fourth-order valence-corrected chi connectivity index (χ4v) is 11.7. The Bertz CT molecular complexity index is 2070. The summed E-state index contributed by atoms with van der Waals surface area (Å²) in [6.07, 6.45) is 24.2. The third-order valence-electron chi connectivity index (χ3n) is 14.9.